The van der Waals surface area contributed by atoms with Gasteiger partial charge in [0.1, 0.15) is 17.5 Å². The zero-order valence-corrected chi connectivity index (χ0v) is 19.7. The Bertz CT molecular complexity index is 1070. The molecule has 1 unspecified atom stereocenters. The molecule has 0 saturated carbocycles. The topological polar surface area (TPSA) is 114 Å². The van der Waals surface area contributed by atoms with Crippen LogP contribution in [0.1, 0.15) is 19.8 Å². The van der Waals surface area contributed by atoms with E-state index in [4.69, 9.17) is 9.47 Å². The molecule has 2 aromatic rings. The van der Waals surface area contributed by atoms with Gasteiger partial charge in [0.2, 0.25) is 21.8 Å². The summed E-state index contributed by atoms with van der Waals surface area (Å²) in [4.78, 5) is 25.4. The normalized spacial score (nSPS) is 17.6. The van der Waals surface area contributed by atoms with E-state index < -0.39 is 22.0 Å². The van der Waals surface area contributed by atoms with Gasteiger partial charge in [-0.1, -0.05) is 0 Å². The van der Waals surface area contributed by atoms with Gasteiger partial charge in [-0.2, -0.15) is 4.31 Å². The highest BCUT2D eigenvalue weighted by Gasteiger charge is 2.34. The van der Waals surface area contributed by atoms with E-state index in [9.17, 15) is 18.0 Å². The molecule has 2 atom stereocenters. The van der Waals surface area contributed by atoms with Gasteiger partial charge in [-0.05, 0) is 68.3 Å². The second-order valence-corrected chi connectivity index (χ2v) is 9.76. The van der Waals surface area contributed by atoms with Crippen LogP contribution in [0.25, 0.3) is 0 Å². The Labute approximate surface area is 194 Å². The van der Waals surface area contributed by atoms with Gasteiger partial charge in [0.05, 0.1) is 25.0 Å². The molecule has 0 radical (unpaired) electrons. The highest BCUT2D eigenvalue weighted by Crippen LogP contribution is 2.25. The highest BCUT2D eigenvalue weighted by molar-refractivity contribution is 7.89. The number of benzene rings is 2. The number of rotatable bonds is 8. The Kier molecular flexibility index (Phi) is 7.93. The second-order valence-electron chi connectivity index (χ2n) is 7.83. The van der Waals surface area contributed by atoms with Crippen LogP contribution < -0.4 is 20.1 Å². The van der Waals surface area contributed by atoms with Crippen molar-refractivity contribution in [1.29, 1.82) is 0 Å². The van der Waals surface area contributed by atoms with Gasteiger partial charge in [-0.25, -0.2) is 8.42 Å². The molecule has 1 fully saturated rings. The number of hydrogen-bond donors (Lipinski definition) is 2. The molecule has 0 aliphatic carbocycles. The lowest BCUT2D eigenvalue weighted by atomic mass is 9.98. The number of carbonyl (C=O) groups excluding carboxylic acids is 2. The predicted molar refractivity (Wildman–Crippen MR) is 124 cm³/mol. The summed E-state index contributed by atoms with van der Waals surface area (Å²) in [5.41, 5.74) is 0.580. The number of ether oxygens (including phenoxy) is 2. The van der Waals surface area contributed by atoms with E-state index in [0.29, 0.717) is 36.6 Å². The number of sulfonamides is 1. The molecule has 0 aromatic heterocycles. The number of nitrogens with one attached hydrogen (secondary N) is 2. The van der Waals surface area contributed by atoms with Crippen LogP contribution in [0.15, 0.2) is 53.4 Å². The minimum atomic E-state index is -3.74. The molecule has 33 heavy (non-hydrogen) atoms. The van der Waals surface area contributed by atoms with E-state index in [2.05, 4.69) is 10.6 Å². The summed E-state index contributed by atoms with van der Waals surface area (Å²) < 4.78 is 37.5. The average Bonchev–Trinajstić information content (AvgIpc) is 2.84. The number of hydrogen-bond acceptors (Lipinski definition) is 6. The van der Waals surface area contributed by atoms with Crippen molar-refractivity contribution < 1.29 is 27.5 Å². The molecule has 1 saturated heterocycles. The summed E-state index contributed by atoms with van der Waals surface area (Å²) in [5, 5.41) is 5.44. The fraction of sp³-hybridized carbons (Fsp3) is 0.391. The van der Waals surface area contributed by atoms with Crippen molar-refractivity contribution in [2.24, 2.45) is 5.92 Å². The van der Waals surface area contributed by atoms with Crippen molar-refractivity contribution in [3.05, 3.63) is 48.5 Å². The van der Waals surface area contributed by atoms with Crippen LogP contribution in [0.2, 0.25) is 0 Å². The Hall–Kier alpha value is -3.11. The fourth-order valence-corrected chi connectivity index (χ4v) is 5.12. The van der Waals surface area contributed by atoms with E-state index in [1.807, 2.05) is 0 Å². The van der Waals surface area contributed by atoms with Crippen molar-refractivity contribution in [2.75, 3.05) is 32.6 Å². The van der Waals surface area contributed by atoms with Crippen molar-refractivity contribution >= 4 is 27.5 Å². The lowest BCUT2D eigenvalue weighted by Gasteiger charge is -2.31. The molecule has 0 spiro atoms. The van der Waals surface area contributed by atoms with Gasteiger partial charge in [-0.15, -0.1) is 0 Å². The number of piperidine rings is 1. The van der Waals surface area contributed by atoms with Crippen LogP contribution in [0.5, 0.6) is 11.5 Å². The standard InChI is InChI=1S/C23H29N3O6S/c1-16(22(27)25-18-6-8-19(31-2)9-7-18)24-23(28)17-5-4-14-26(15-17)33(29,30)21-12-10-20(32-3)11-13-21/h6-13,16-17H,4-5,14-15H2,1-3H3,(H,24,28)(H,25,27)/t16-,17?/m0/s1. The van der Waals surface area contributed by atoms with Gasteiger partial charge in [-0.3, -0.25) is 9.59 Å². The summed E-state index contributed by atoms with van der Waals surface area (Å²) in [6.07, 6.45) is 1.10. The van der Waals surface area contributed by atoms with Crippen LogP contribution in [0, 0.1) is 5.92 Å². The molecule has 178 valence electrons. The molecule has 10 heteroatoms. The number of anilines is 1. The largest absolute Gasteiger partial charge is 0.497 e. The average molecular weight is 476 g/mol. The van der Waals surface area contributed by atoms with E-state index in [0.717, 1.165) is 0 Å². The first-order valence-corrected chi connectivity index (χ1v) is 12.1. The second kappa shape index (κ2) is 10.7. The molecule has 2 amide bonds. The van der Waals surface area contributed by atoms with Gasteiger partial charge >= 0.3 is 0 Å². The van der Waals surface area contributed by atoms with E-state index in [1.165, 1.54) is 23.5 Å². The maximum Gasteiger partial charge on any atom is 0.246 e. The molecule has 1 heterocycles. The first kappa shape index (κ1) is 24.5. The van der Waals surface area contributed by atoms with E-state index in [1.54, 1.807) is 50.4 Å². The SMILES string of the molecule is COc1ccc(NC(=O)[C@H](C)NC(=O)C2CCCN(S(=O)(=O)c3ccc(OC)cc3)C2)cc1. The minimum Gasteiger partial charge on any atom is -0.497 e. The van der Waals surface area contributed by atoms with Crippen molar-refractivity contribution in [1.82, 2.24) is 9.62 Å². The Morgan fingerprint density at radius 3 is 2.15 bits per heavy atom. The summed E-state index contributed by atoms with van der Waals surface area (Å²) in [7, 11) is -0.672. The van der Waals surface area contributed by atoms with Crippen LogP contribution in [-0.2, 0) is 19.6 Å². The minimum absolute atomic E-state index is 0.0625. The fourth-order valence-electron chi connectivity index (χ4n) is 3.59. The monoisotopic (exact) mass is 475 g/mol. The number of carbonyl (C=O) groups is 2. The van der Waals surface area contributed by atoms with Crippen molar-refractivity contribution in [3.63, 3.8) is 0 Å². The summed E-state index contributed by atoms with van der Waals surface area (Å²) in [6, 6.07) is 12.2. The van der Waals surface area contributed by atoms with Gasteiger partial charge < -0.3 is 20.1 Å². The van der Waals surface area contributed by atoms with E-state index >= 15 is 0 Å². The molecule has 3 rings (SSSR count). The molecular weight excluding hydrogens is 446 g/mol. The quantitative estimate of drug-likeness (QED) is 0.605. The molecule has 2 aromatic carbocycles. The van der Waals surface area contributed by atoms with Gasteiger partial charge in [0.15, 0.2) is 0 Å². The van der Waals surface area contributed by atoms with Crippen LogP contribution >= 0.6 is 0 Å². The Morgan fingerprint density at radius 2 is 1.58 bits per heavy atom. The third-order valence-electron chi connectivity index (χ3n) is 5.56. The maximum atomic E-state index is 13.0. The number of nitrogens with zero attached hydrogens (tertiary/aromatic N) is 1. The maximum absolute atomic E-state index is 13.0. The Balaban J connectivity index is 1.59. The molecule has 1 aliphatic rings. The zero-order chi connectivity index (χ0) is 24.0. The first-order valence-electron chi connectivity index (χ1n) is 10.6. The van der Waals surface area contributed by atoms with Gasteiger partial charge in [0, 0.05) is 18.8 Å². The molecule has 0 bridgehead atoms. The third kappa shape index (κ3) is 6.02. The lowest BCUT2D eigenvalue weighted by molar-refractivity contribution is -0.129. The lowest BCUT2D eigenvalue weighted by Crippen LogP contribution is -2.49. The summed E-state index contributed by atoms with van der Waals surface area (Å²) in [5.74, 6) is -0.0235. The van der Waals surface area contributed by atoms with Crippen LogP contribution in [-0.4, -0.2) is 57.9 Å². The predicted octanol–water partition coefficient (Wildman–Crippen LogP) is 2.25. The molecule has 9 nitrogen and oxygen atoms in total. The third-order valence-corrected chi connectivity index (χ3v) is 7.44. The molecular formula is C23H29N3O6S. The summed E-state index contributed by atoms with van der Waals surface area (Å²) in [6.45, 7) is 1.99. The zero-order valence-electron chi connectivity index (χ0n) is 18.9. The van der Waals surface area contributed by atoms with Crippen molar-refractivity contribution in [2.45, 2.75) is 30.7 Å². The van der Waals surface area contributed by atoms with Gasteiger partial charge in [0.25, 0.3) is 0 Å². The smallest absolute Gasteiger partial charge is 0.246 e. The first-order chi connectivity index (χ1) is 15.7. The number of methoxy groups -OCH3 is 2. The van der Waals surface area contributed by atoms with Crippen LogP contribution in [0.4, 0.5) is 5.69 Å². The number of amides is 2. The van der Waals surface area contributed by atoms with Crippen LogP contribution in [0.3, 0.4) is 0 Å². The molecule has 1 aliphatic heterocycles. The van der Waals surface area contributed by atoms with Crippen molar-refractivity contribution in [3.8, 4) is 11.5 Å². The summed E-state index contributed by atoms with van der Waals surface area (Å²) >= 11 is 0. The van der Waals surface area contributed by atoms with E-state index in [-0.39, 0.29) is 23.3 Å². The molecule has 2 N–H and O–H groups in total. The highest BCUT2D eigenvalue weighted by atomic mass is 32.2. The Morgan fingerprint density at radius 1 is 1.00 bits per heavy atom.